The minimum Gasteiger partial charge on any atom is -0.390 e. The second kappa shape index (κ2) is 6.12. The Balaban J connectivity index is 1.54. The van der Waals surface area contributed by atoms with Crippen LogP contribution in [-0.4, -0.2) is 16.0 Å². The van der Waals surface area contributed by atoms with Gasteiger partial charge < -0.3 is 5.11 Å². The Bertz CT molecular complexity index is 512. The molecule has 8 atom stereocenters. The zero-order valence-electron chi connectivity index (χ0n) is 15.6. The third-order valence-corrected chi connectivity index (χ3v) is 9.62. The highest BCUT2D eigenvalue weighted by Gasteiger charge is 2.57. The molecule has 0 bridgehead atoms. The molecule has 1 N–H and O–H groups in total. The van der Waals surface area contributed by atoms with Crippen molar-refractivity contribution in [1.82, 2.24) is 0 Å². The molecule has 0 radical (unpaired) electrons. The van der Waals surface area contributed by atoms with Gasteiger partial charge in [0.15, 0.2) is 0 Å². The minimum absolute atomic E-state index is 0.386. The zero-order chi connectivity index (χ0) is 17.1. The number of halogens is 1. The van der Waals surface area contributed by atoms with Gasteiger partial charge in [0.2, 0.25) is 0 Å². The van der Waals surface area contributed by atoms with Crippen molar-refractivity contribution in [3.05, 3.63) is 12.2 Å². The van der Waals surface area contributed by atoms with Crippen LogP contribution in [0.2, 0.25) is 0 Å². The van der Waals surface area contributed by atoms with E-state index < -0.39 is 0 Å². The van der Waals surface area contributed by atoms with Crippen molar-refractivity contribution in [2.24, 2.45) is 40.9 Å². The average molecular weight is 395 g/mol. The highest BCUT2D eigenvalue weighted by molar-refractivity contribution is 9.09. The number of allylic oxidation sites excluding steroid dienone is 1. The van der Waals surface area contributed by atoms with Gasteiger partial charge >= 0.3 is 0 Å². The summed E-state index contributed by atoms with van der Waals surface area (Å²) in [5.74, 6) is 5.30. The van der Waals surface area contributed by atoms with Crippen molar-refractivity contribution in [2.75, 3.05) is 5.33 Å². The largest absolute Gasteiger partial charge is 0.390 e. The fourth-order valence-electron chi connectivity index (χ4n) is 7.85. The Morgan fingerprint density at radius 1 is 1.00 bits per heavy atom. The quantitative estimate of drug-likeness (QED) is 0.452. The van der Waals surface area contributed by atoms with E-state index in [0.29, 0.717) is 5.41 Å². The molecule has 4 rings (SSSR count). The van der Waals surface area contributed by atoms with Crippen molar-refractivity contribution < 1.29 is 5.11 Å². The Hall–Kier alpha value is 0.180. The Morgan fingerprint density at radius 3 is 2.50 bits per heavy atom. The van der Waals surface area contributed by atoms with Crippen molar-refractivity contribution in [2.45, 2.75) is 77.2 Å². The molecule has 0 unspecified atom stereocenters. The highest BCUT2D eigenvalue weighted by atomic mass is 79.9. The lowest BCUT2D eigenvalue weighted by molar-refractivity contribution is -0.0977. The normalized spacial score (nSPS) is 53.8. The van der Waals surface area contributed by atoms with E-state index in [1.165, 1.54) is 50.5 Å². The molecule has 0 amide bonds. The van der Waals surface area contributed by atoms with Crippen LogP contribution in [0.1, 0.15) is 71.6 Å². The van der Waals surface area contributed by atoms with Crippen LogP contribution >= 0.6 is 15.9 Å². The van der Waals surface area contributed by atoms with Crippen LogP contribution in [0, 0.1) is 40.9 Å². The van der Waals surface area contributed by atoms with Gasteiger partial charge in [0.25, 0.3) is 0 Å². The second-order valence-corrected chi connectivity index (χ2v) is 10.7. The van der Waals surface area contributed by atoms with Crippen LogP contribution < -0.4 is 0 Å². The summed E-state index contributed by atoms with van der Waals surface area (Å²) >= 11 is 3.67. The van der Waals surface area contributed by atoms with Crippen LogP contribution in [-0.2, 0) is 0 Å². The van der Waals surface area contributed by atoms with E-state index in [-0.39, 0.29) is 5.60 Å². The highest BCUT2D eigenvalue weighted by Crippen LogP contribution is 2.65. The number of alkyl halides is 1. The van der Waals surface area contributed by atoms with Crippen LogP contribution in [0.25, 0.3) is 0 Å². The molecule has 4 fully saturated rings. The molecule has 0 aromatic carbocycles. The predicted octanol–water partition coefficient (Wildman–Crippen LogP) is 5.96. The van der Waals surface area contributed by atoms with Crippen molar-refractivity contribution >= 4 is 15.9 Å². The SMILES string of the molecule is C=C(CBr)[C@H]1CC[C@H]2[C@@H]3CC[C@@H]4C[C@](C)(O)CC[C@@H]4[C@H]3CC[C@]12C. The average Bonchev–Trinajstić information content (AvgIpc) is 2.90. The molecule has 24 heavy (non-hydrogen) atoms. The molecular formula is C22H35BrO. The first-order valence-electron chi connectivity index (χ1n) is 10.3. The lowest BCUT2D eigenvalue weighted by Gasteiger charge is -2.57. The van der Waals surface area contributed by atoms with Crippen LogP contribution in [0.3, 0.4) is 0 Å². The van der Waals surface area contributed by atoms with Crippen molar-refractivity contribution in [3.8, 4) is 0 Å². The maximum absolute atomic E-state index is 10.5. The van der Waals surface area contributed by atoms with Crippen LogP contribution in [0.4, 0.5) is 0 Å². The summed E-state index contributed by atoms with van der Waals surface area (Å²) in [5, 5.41) is 11.5. The number of rotatable bonds is 2. The number of fused-ring (bicyclic) bond motifs is 5. The maximum atomic E-state index is 10.5. The molecular weight excluding hydrogens is 360 g/mol. The van der Waals surface area contributed by atoms with E-state index in [9.17, 15) is 5.11 Å². The Labute approximate surface area is 156 Å². The van der Waals surface area contributed by atoms with Crippen LogP contribution in [0.5, 0.6) is 0 Å². The van der Waals surface area contributed by atoms with Crippen LogP contribution in [0.15, 0.2) is 12.2 Å². The first-order valence-corrected chi connectivity index (χ1v) is 11.4. The number of aliphatic hydroxyl groups is 1. The summed E-state index contributed by atoms with van der Waals surface area (Å²) in [7, 11) is 0. The first kappa shape index (κ1) is 17.6. The van der Waals surface area contributed by atoms with E-state index in [1.54, 1.807) is 0 Å². The fourth-order valence-corrected chi connectivity index (χ4v) is 8.24. The zero-order valence-corrected chi connectivity index (χ0v) is 17.2. The third-order valence-electron chi connectivity index (χ3n) is 8.90. The standard InChI is InChI=1S/C22H35BrO/c1-14(13-23)19-6-7-20-18-5-4-15-12-21(2,24)10-8-16(15)17(18)9-11-22(19,20)3/h15-20,24H,1,4-13H2,2-3H3/t15-,16+,17-,18-,19-,20+,21-,22-/m1/s1. The van der Waals surface area contributed by atoms with Gasteiger partial charge in [0.1, 0.15) is 0 Å². The predicted molar refractivity (Wildman–Crippen MR) is 104 cm³/mol. The summed E-state index contributed by atoms with van der Waals surface area (Å²) in [6, 6.07) is 0. The van der Waals surface area contributed by atoms with Gasteiger partial charge in [-0.05, 0) is 106 Å². The maximum Gasteiger partial charge on any atom is 0.0622 e. The van der Waals surface area contributed by atoms with Gasteiger partial charge in [-0.1, -0.05) is 35.0 Å². The van der Waals surface area contributed by atoms with E-state index in [1.807, 2.05) is 0 Å². The summed E-state index contributed by atoms with van der Waals surface area (Å²) in [4.78, 5) is 0. The molecule has 4 aliphatic carbocycles. The van der Waals surface area contributed by atoms with E-state index >= 15 is 0 Å². The lowest BCUT2D eigenvalue weighted by Crippen LogP contribution is -2.50. The van der Waals surface area contributed by atoms with Crippen molar-refractivity contribution in [3.63, 3.8) is 0 Å². The van der Waals surface area contributed by atoms with Gasteiger partial charge in [-0.15, -0.1) is 0 Å². The molecule has 4 saturated carbocycles. The molecule has 2 heteroatoms. The van der Waals surface area contributed by atoms with Gasteiger partial charge in [-0.3, -0.25) is 0 Å². The lowest BCUT2D eigenvalue weighted by atomic mass is 9.49. The van der Waals surface area contributed by atoms with E-state index in [2.05, 4.69) is 36.4 Å². The summed E-state index contributed by atoms with van der Waals surface area (Å²) in [5.41, 5.74) is 1.57. The molecule has 0 saturated heterocycles. The number of hydrogen-bond acceptors (Lipinski definition) is 1. The molecule has 0 aromatic heterocycles. The van der Waals surface area contributed by atoms with Gasteiger partial charge in [0, 0.05) is 5.33 Å². The molecule has 1 nitrogen and oxygen atoms in total. The summed E-state index contributed by atoms with van der Waals surface area (Å²) in [6.07, 6.45) is 11.8. The minimum atomic E-state index is -0.386. The third kappa shape index (κ3) is 2.66. The second-order valence-electron chi connectivity index (χ2n) is 10.1. The molecule has 4 aliphatic rings. The monoisotopic (exact) mass is 394 g/mol. The number of hydrogen-bond donors (Lipinski definition) is 1. The summed E-state index contributed by atoms with van der Waals surface area (Å²) < 4.78 is 0. The van der Waals surface area contributed by atoms with Crippen molar-refractivity contribution in [1.29, 1.82) is 0 Å². The topological polar surface area (TPSA) is 20.2 Å². The first-order chi connectivity index (χ1) is 11.4. The van der Waals surface area contributed by atoms with Gasteiger partial charge in [-0.25, -0.2) is 0 Å². The molecule has 136 valence electrons. The summed E-state index contributed by atoms with van der Waals surface area (Å²) in [6.45, 7) is 9.07. The Morgan fingerprint density at radius 2 is 1.75 bits per heavy atom. The van der Waals surface area contributed by atoms with Gasteiger partial charge in [0.05, 0.1) is 5.60 Å². The van der Waals surface area contributed by atoms with E-state index in [0.717, 1.165) is 53.7 Å². The van der Waals surface area contributed by atoms with Gasteiger partial charge in [-0.2, -0.15) is 0 Å². The van der Waals surface area contributed by atoms with E-state index in [4.69, 9.17) is 0 Å². The fraction of sp³-hybridized carbons (Fsp3) is 0.909. The Kier molecular flexibility index (Phi) is 4.48. The molecule has 0 aromatic rings. The molecule has 0 aliphatic heterocycles. The molecule has 0 spiro atoms. The smallest absolute Gasteiger partial charge is 0.0622 e. The molecule has 0 heterocycles.